The van der Waals surface area contributed by atoms with Crippen LogP contribution in [-0.4, -0.2) is 47.2 Å². The van der Waals surface area contributed by atoms with Crippen LogP contribution in [0, 0.1) is 5.92 Å². The highest BCUT2D eigenvalue weighted by atomic mass is 32.1. The fourth-order valence-corrected chi connectivity index (χ4v) is 5.62. The van der Waals surface area contributed by atoms with Crippen molar-refractivity contribution in [3.05, 3.63) is 41.5 Å². The molecule has 1 aliphatic heterocycles. The number of hydrogen-bond donors (Lipinski definition) is 1. The third-order valence-corrected chi connectivity index (χ3v) is 7.34. The first-order valence-electron chi connectivity index (χ1n) is 11.2. The number of nitrogens with zero attached hydrogens (tertiary/aromatic N) is 3. The standard InChI is InChI=1S/C24H30N4OS/c1-17-7-5-6-10-20(17)25-23-22-19(18-8-3-2-4-9-18)16-30-24(22)27-21(26-23)15-28-11-13-29-14-12-28/h2-4,8-9,16-17,20H,5-7,10-15H2,1H3,(H,25,26,27)/t17-,20+/m1/s1. The summed E-state index contributed by atoms with van der Waals surface area (Å²) in [5.74, 6) is 2.60. The topological polar surface area (TPSA) is 50.3 Å². The Morgan fingerprint density at radius 2 is 1.90 bits per heavy atom. The van der Waals surface area contributed by atoms with E-state index in [1.165, 1.54) is 42.2 Å². The average molecular weight is 423 g/mol. The van der Waals surface area contributed by atoms with Gasteiger partial charge in [-0.15, -0.1) is 11.3 Å². The van der Waals surface area contributed by atoms with Crippen molar-refractivity contribution in [2.75, 3.05) is 31.6 Å². The first-order chi connectivity index (χ1) is 14.8. The number of benzene rings is 1. The summed E-state index contributed by atoms with van der Waals surface area (Å²) in [4.78, 5) is 13.5. The largest absolute Gasteiger partial charge is 0.379 e. The molecule has 2 atom stereocenters. The van der Waals surface area contributed by atoms with Gasteiger partial charge in [-0.1, -0.05) is 50.1 Å². The van der Waals surface area contributed by atoms with Crippen LogP contribution >= 0.6 is 11.3 Å². The van der Waals surface area contributed by atoms with Gasteiger partial charge < -0.3 is 10.1 Å². The second kappa shape index (κ2) is 9.00. The maximum absolute atomic E-state index is 5.50. The predicted molar refractivity (Wildman–Crippen MR) is 124 cm³/mol. The molecule has 2 fully saturated rings. The minimum Gasteiger partial charge on any atom is -0.379 e. The number of rotatable bonds is 5. The van der Waals surface area contributed by atoms with E-state index in [9.17, 15) is 0 Å². The van der Waals surface area contributed by atoms with Gasteiger partial charge in [0.15, 0.2) is 0 Å². The quantitative estimate of drug-likeness (QED) is 0.614. The van der Waals surface area contributed by atoms with Crippen molar-refractivity contribution in [3.8, 4) is 11.1 Å². The Morgan fingerprint density at radius 1 is 1.10 bits per heavy atom. The summed E-state index contributed by atoms with van der Waals surface area (Å²) in [5.41, 5.74) is 2.47. The van der Waals surface area contributed by atoms with Gasteiger partial charge in [-0.25, -0.2) is 9.97 Å². The van der Waals surface area contributed by atoms with Crippen LogP contribution < -0.4 is 5.32 Å². The van der Waals surface area contributed by atoms with Gasteiger partial charge >= 0.3 is 0 Å². The zero-order valence-electron chi connectivity index (χ0n) is 17.6. The fourth-order valence-electron chi connectivity index (χ4n) is 4.66. The Bertz CT molecular complexity index is 984. The lowest BCUT2D eigenvalue weighted by atomic mass is 9.86. The van der Waals surface area contributed by atoms with Gasteiger partial charge in [-0.05, 0) is 24.3 Å². The third kappa shape index (κ3) is 4.22. The molecule has 0 spiro atoms. The van der Waals surface area contributed by atoms with Crippen LogP contribution in [0.25, 0.3) is 21.3 Å². The molecule has 1 saturated carbocycles. The zero-order chi connectivity index (χ0) is 20.3. The van der Waals surface area contributed by atoms with E-state index in [1.807, 2.05) is 0 Å². The molecule has 3 heterocycles. The smallest absolute Gasteiger partial charge is 0.146 e. The van der Waals surface area contributed by atoms with Gasteiger partial charge in [0.05, 0.1) is 25.1 Å². The van der Waals surface area contributed by atoms with Crippen LogP contribution in [0.3, 0.4) is 0 Å². The molecule has 1 aromatic carbocycles. The predicted octanol–water partition coefficient (Wildman–Crippen LogP) is 5.18. The molecule has 0 bridgehead atoms. The molecule has 5 nitrogen and oxygen atoms in total. The molecule has 1 aliphatic carbocycles. The summed E-state index contributed by atoms with van der Waals surface area (Å²) in [6.45, 7) is 6.64. The van der Waals surface area contributed by atoms with Crippen LogP contribution in [-0.2, 0) is 11.3 Å². The van der Waals surface area contributed by atoms with E-state index in [-0.39, 0.29) is 0 Å². The number of thiophene rings is 1. The molecular weight excluding hydrogens is 392 g/mol. The summed E-state index contributed by atoms with van der Waals surface area (Å²) in [5, 5.41) is 7.27. The van der Waals surface area contributed by atoms with Crippen LogP contribution in [0.4, 0.5) is 5.82 Å². The highest BCUT2D eigenvalue weighted by Crippen LogP contribution is 2.38. The lowest BCUT2D eigenvalue weighted by Crippen LogP contribution is -2.36. The Morgan fingerprint density at radius 3 is 2.70 bits per heavy atom. The summed E-state index contributed by atoms with van der Waals surface area (Å²) in [6.07, 6.45) is 5.15. The Hall–Kier alpha value is -2.02. The molecule has 2 aromatic heterocycles. The molecular formula is C24H30N4OS. The van der Waals surface area contributed by atoms with Gasteiger partial charge in [0.1, 0.15) is 16.5 Å². The molecule has 2 aliphatic rings. The Balaban J connectivity index is 1.54. The van der Waals surface area contributed by atoms with E-state index in [0.29, 0.717) is 12.0 Å². The molecule has 5 rings (SSSR count). The number of aromatic nitrogens is 2. The van der Waals surface area contributed by atoms with Gasteiger partial charge in [-0.2, -0.15) is 0 Å². The molecule has 1 saturated heterocycles. The lowest BCUT2D eigenvalue weighted by Gasteiger charge is -2.30. The highest BCUT2D eigenvalue weighted by Gasteiger charge is 2.24. The summed E-state index contributed by atoms with van der Waals surface area (Å²) in [6, 6.07) is 11.1. The van der Waals surface area contributed by atoms with Crippen molar-refractivity contribution < 1.29 is 4.74 Å². The number of nitrogens with one attached hydrogen (secondary N) is 1. The first-order valence-corrected chi connectivity index (χ1v) is 12.1. The Kier molecular flexibility index (Phi) is 5.97. The molecule has 0 amide bonds. The molecule has 30 heavy (non-hydrogen) atoms. The summed E-state index contributed by atoms with van der Waals surface area (Å²) >= 11 is 1.73. The maximum atomic E-state index is 5.50. The van der Waals surface area contributed by atoms with Crippen LogP contribution in [0.2, 0.25) is 0 Å². The first kappa shape index (κ1) is 19.9. The van der Waals surface area contributed by atoms with E-state index >= 15 is 0 Å². The summed E-state index contributed by atoms with van der Waals surface area (Å²) < 4.78 is 5.50. The van der Waals surface area contributed by atoms with Crippen LogP contribution in [0.1, 0.15) is 38.4 Å². The monoisotopic (exact) mass is 422 g/mol. The lowest BCUT2D eigenvalue weighted by molar-refractivity contribution is 0.0331. The van der Waals surface area contributed by atoms with E-state index in [4.69, 9.17) is 14.7 Å². The second-order valence-electron chi connectivity index (χ2n) is 8.59. The van der Waals surface area contributed by atoms with Gasteiger partial charge in [-0.3, -0.25) is 4.90 Å². The normalized spacial score (nSPS) is 23.0. The average Bonchev–Trinajstić information content (AvgIpc) is 3.21. The Labute approximate surface area is 182 Å². The van der Waals surface area contributed by atoms with Gasteiger partial charge in [0.25, 0.3) is 0 Å². The van der Waals surface area contributed by atoms with Crippen molar-refractivity contribution in [1.82, 2.24) is 14.9 Å². The van der Waals surface area contributed by atoms with Crippen molar-refractivity contribution >= 4 is 27.4 Å². The maximum Gasteiger partial charge on any atom is 0.146 e. The molecule has 3 aromatic rings. The molecule has 0 radical (unpaired) electrons. The van der Waals surface area contributed by atoms with E-state index in [2.05, 4.69) is 52.9 Å². The number of fused-ring (bicyclic) bond motifs is 1. The number of anilines is 1. The molecule has 1 N–H and O–H groups in total. The highest BCUT2D eigenvalue weighted by molar-refractivity contribution is 7.17. The van der Waals surface area contributed by atoms with Crippen molar-refractivity contribution in [3.63, 3.8) is 0 Å². The van der Waals surface area contributed by atoms with Gasteiger partial charge in [0, 0.05) is 30.1 Å². The van der Waals surface area contributed by atoms with Gasteiger partial charge in [0.2, 0.25) is 0 Å². The minimum absolute atomic E-state index is 0.483. The van der Waals surface area contributed by atoms with E-state index in [0.717, 1.165) is 49.3 Å². The zero-order valence-corrected chi connectivity index (χ0v) is 18.5. The van der Waals surface area contributed by atoms with E-state index < -0.39 is 0 Å². The SMILES string of the molecule is C[C@@H]1CCCC[C@@H]1Nc1nc(CN2CCOCC2)nc2scc(-c3ccccc3)c12. The molecule has 0 unspecified atom stereocenters. The third-order valence-electron chi connectivity index (χ3n) is 6.47. The number of hydrogen-bond acceptors (Lipinski definition) is 6. The number of morpholine rings is 1. The molecule has 158 valence electrons. The second-order valence-corrected chi connectivity index (χ2v) is 9.44. The fraction of sp³-hybridized carbons (Fsp3) is 0.500. The summed E-state index contributed by atoms with van der Waals surface area (Å²) in [7, 11) is 0. The molecule has 6 heteroatoms. The van der Waals surface area contributed by atoms with Crippen molar-refractivity contribution in [2.45, 2.75) is 45.2 Å². The van der Waals surface area contributed by atoms with Crippen LogP contribution in [0.5, 0.6) is 0 Å². The van der Waals surface area contributed by atoms with Crippen molar-refractivity contribution in [1.29, 1.82) is 0 Å². The van der Waals surface area contributed by atoms with E-state index in [1.54, 1.807) is 11.3 Å². The van der Waals surface area contributed by atoms with Crippen molar-refractivity contribution in [2.24, 2.45) is 5.92 Å². The van der Waals surface area contributed by atoms with Crippen LogP contribution in [0.15, 0.2) is 35.7 Å². The number of ether oxygens (including phenoxy) is 1. The minimum atomic E-state index is 0.483.